The number of nitrogens with zero attached hydrogens (tertiary/aromatic N) is 2. The van der Waals surface area contributed by atoms with Crippen molar-refractivity contribution < 1.29 is 14.3 Å². The van der Waals surface area contributed by atoms with Crippen LogP contribution in [0, 0.1) is 0 Å². The predicted molar refractivity (Wildman–Crippen MR) is 114 cm³/mol. The van der Waals surface area contributed by atoms with Gasteiger partial charge in [0.05, 0.1) is 18.1 Å². The number of pyridine rings is 1. The number of aromatic nitrogens is 2. The molecule has 4 rings (SSSR count). The molecule has 30 heavy (non-hydrogen) atoms. The molecule has 3 heterocycles. The number of carbonyl (C=O) groups excluding carboxylic acids is 2. The van der Waals surface area contributed by atoms with Gasteiger partial charge in [-0.05, 0) is 30.5 Å². The molecule has 156 valence electrons. The zero-order valence-corrected chi connectivity index (χ0v) is 17.0. The van der Waals surface area contributed by atoms with E-state index in [0.29, 0.717) is 0 Å². The van der Waals surface area contributed by atoms with Crippen LogP contribution in [0.5, 0.6) is 0 Å². The highest BCUT2D eigenvalue weighted by Gasteiger charge is 2.27. The van der Waals surface area contributed by atoms with Crippen LogP contribution in [0.25, 0.3) is 10.9 Å². The largest absolute Gasteiger partial charge is 0.452 e. The summed E-state index contributed by atoms with van der Waals surface area (Å²) in [5.41, 5.74) is 2.96. The molecule has 2 N–H and O–H groups in total. The minimum absolute atomic E-state index is 0.0727. The standard InChI is InChI=1S/C23H26N4O3/c1-16(30-22(28)11-18-12-25-21-13-24-9-7-20(18)21)23(29)26-19-8-10-27(15-19)14-17-5-3-2-4-6-17/h2-7,9,12-13,16,19,25H,8,10-11,14-15H2,1H3,(H,26,29). The van der Waals surface area contributed by atoms with Gasteiger partial charge in [0.1, 0.15) is 0 Å². The molecule has 2 aromatic heterocycles. The Morgan fingerprint density at radius 3 is 2.97 bits per heavy atom. The maximum Gasteiger partial charge on any atom is 0.311 e. The molecule has 0 bridgehead atoms. The summed E-state index contributed by atoms with van der Waals surface area (Å²) in [6, 6.07) is 12.2. The van der Waals surface area contributed by atoms with E-state index in [-0.39, 0.29) is 18.4 Å². The third-order valence-electron chi connectivity index (χ3n) is 5.45. The first-order valence-corrected chi connectivity index (χ1v) is 10.2. The highest BCUT2D eigenvalue weighted by molar-refractivity contribution is 5.88. The van der Waals surface area contributed by atoms with Crippen molar-refractivity contribution in [1.29, 1.82) is 0 Å². The van der Waals surface area contributed by atoms with Crippen LogP contribution in [0.4, 0.5) is 0 Å². The minimum Gasteiger partial charge on any atom is -0.452 e. The van der Waals surface area contributed by atoms with Gasteiger partial charge in [-0.2, -0.15) is 0 Å². The van der Waals surface area contributed by atoms with Gasteiger partial charge in [-0.15, -0.1) is 0 Å². The van der Waals surface area contributed by atoms with Crippen LogP contribution in [-0.2, 0) is 27.3 Å². The Bertz CT molecular complexity index is 1020. The molecule has 2 atom stereocenters. The zero-order chi connectivity index (χ0) is 20.9. The van der Waals surface area contributed by atoms with Crippen molar-refractivity contribution >= 4 is 22.8 Å². The molecule has 1 aromatic carbocycles. The monoisotopic (exact) mass is 406 g/mol. The van der Waals surface area contributed by atoms with Gasteiger partial charge in [0, 0.05) is 43.5 Å². The molecule has 0 saturated carbocycles. The van der Waals surface area contributed by atoms with Gasteiger partial charge in [-0.1, -0.05) is 30.3 Å². The van der Waals surface area contributed by atoms with Crippen molar-refractivity contribution in [3.05, 3.63) is 66.1 Å². The average molecular weight is 406 g/mol. The van der Waals surface area contributed by atoms with Crippen molar-refractivity contribution in [2.24, 2.45) is 0 Å². The summed E-state index contributed by atoms with van der Waals surface area (Å²) in [5, 5.41) is 3.95. The lowest BCUT2D eigenvalue weighted by Crippen LogP contribution is -2.43. The Balaban J connectivity index is 1.24. The van der Waals surface area contributed by atoms with E-state index < -0.39 is 12.1 Å². The predicted octanol–water partition coefficient (Wildman–Crippen LogP) is 2.43. The average Bonchev–Trinajstić information content (AvgIpc) is 3.35. The van der Waals surface area contributed by atoms with Gasteiger partial charge in [0.2, 0.25) is 0 Å². The van der Waals surface area contributed by atoms with Crippen LogP contribution in [0.2, 0.25) is 0 Å². The summed E-state index contributed by atoms with van der Waals surface area (Å²) in [6.07, 6.45) is 5.34. The van der Waals surface area contributed by atoms with Crippen LogP contribution >= 0.6 is 0 Å². The molecular formula is C23H26N4O3. The van der Waals surface area contributed by atoms with Gasteiger partial charge in [0.25, 0.3) is 5.91 Å². The Morgan fingerprint density at radius 1 is 1.30 bits per heavy atom. The maximum atomic E-state index is 12.5. The minimum atomic E-state index is -0.826. The van der Waals surface area contributed by atoms with E-state index in [1.54, 1.807) is 25.5 Å². The molecule has 0 spiro atoms. The molecule has 1 fully saturated rings. The lowest BCUT2D eigenvalue weighted by atomic mass is 10.1. The molecule has 1 aliphatic rings. The van der Waals surface area contributed by atoms with Gasteiger partial charge in [-0.25, -0.2) is 0 Å². The summed E-state index contributed by atoms with van der Waals surface area (Å²) in [7, 11) is 0. The number of ether oxygens (including phenoxy) is 1. The first kappa shape index (κ1) is 20.1. The first-order chi connectivity index (χ1) is 14.6. The summed E-state index contributed by atoms with van der Waals surface area (Å²) < 4.78 is 5.37. The highest BCUT2D eigenvalue weighted by atomic mass is 16.5. The van der Waals surface area contributed by atoms with Gasteiger partial charge in [0.15, 0.2) is 6.10 Å². The van der Waals surface area contributed by atoms with E-state index in [0.717, 1.165) is 42.5 Å². The fraction of sp³-hybridized carbons (Fsp3) is 0.348. The molecule has 1 amide bonds. The third kappa shape index (κ3) is 4.86. The van der Waals surface area contributed by atoms with E-state index in [1.165, 1.54) is 5.56 Å². The number of hydrogen-bond donors (Lipinski definition) is 2. The van der Waals surface area contributed by atoms with E-state index in [9.17, 15) is 9.59 Å². The fourth-order valence-electron chi connectivity index (χ4n) is 3.88. The molecule has 1 saturated heterocycles. The van der Waals surface area contributed by atoms with Crippen molar-refractivity contribution in [2.75, 3.05) is 13.1 Å². The molecule has 1 aliphatic heterocycles. The summed E-state index contributed by atoms with van der Waals surface area (Å²) >= 11 is 0. The number of aromatic amines is 1. The van der Waals surface area contributed by atoms with E-state index in [4.69, 9.17) is 4.74 Å². The molecular weight excluding hydrogens is 380 g/mol. The number of H-pyrrole nitrogens is 1. The lowest BCUT2D eigenvalue weighted by molar-refractivity contribution is -0.154. The number of hydrogen-bond acceptors (Lipinski definition) is 5. The normalized spacial score (nSPS) is 17.7. The number of benzene rings is 1. The molecule has 7 nitrogen and oxygen atoms in total. The molecule has 3 aromatic rings. The number of fused-ring (bicyclic) bond motifs is 1. The molecule has 2 unspecified atom stereocenters. The van der Waals surface area contributed by atoms with Crippen molar-refractivity contribution in [3.63, 3.8) is 0 Å². The highest BCUT2D eigenvalue weighted by Crippen LogP contribution is 2.18. The fourth-order valence-corrected chi connectivity index (χ4v) is 3.88. The second-order valence-corrected chi connectivity index (χ2v) is 7.76. The van der Waals surface area contributed by atoms with Crippen LogP contribution in [0.15, 0.2) is 55.0 Å². The number of rotatable bonds is 7. The van der Waals surface area contributed by atoms with E-state index in [2.05, 4.69) is 32.3 Å². The SMILES string of the molecule is CC(OC(=O)Cc1c[nH]c2cnccc12)C(=O)NC1CCN(Cc2ccccc2)C1. The van der Waals surface area contributed by atoms with E-state index in [1.807, 2.05) is 24.3 Å². The lowest BCUT2D eigenvalue weighted by Gasteiger charge is -2.19. The van der Waals surface area contributed by atoms with Gasteiger partial charge >= 0.3 is 5.97 Å². The van der Waals surface area contributed by atoms with Crippen molar-refractivity contribution in [2.45, 2.75) is 38.5 Å². The summed E-state index contributed by atoms with van der Waals surface area (Å²) in [5.74, 6) is -0.675. The number of nitrogens with one attached hydrogen (secondary N) is 2. The van der Waals surface area contributed by atoms with Crippen LogP contribution in [0.3, 0.4) is 0 Å². The summed E-state index contributed by atoms with van der Waals surface area (Å²) in [6.45, 7) is 4.22. The Morgan fingerprint density at radius 2 is 2.13 bits per heavy atom. The molecule has 0 radical (unpaired) electrons. The second kappa shape index (κ2) is 9.09. The smallest absolute Gasteiger partial charge is 0.311 e. The maximum absolute atomic E-state index is 12.5. The van der Waals surface area contributed by atoms with Gasteiger partial charge in [-0.3, -0.25) is 19.5 Å². The molecule has 0 aliphatic carbocycles. The Labute approximate surface area is 175 Å². The molecule has 7 heteroatoms. The second-order valence-electron chi connectivity index (χ2n) is 7.76. The Hall–Kier alpha value is -3.19. The number of esters is 1. The summed E-state index contributed by atoms with van der Waals surface area (Å²) in [4.78, 5) is 34.3. The van der Waals surface area contributed by atoms with Crippen molar-refractivity contribution in [3.8, 4) is 0 Å². The van der Waals surface area contributed by atoms with Crippen molar-refractivity contribution in [1.82, 2.24) is 20.2 Å². The third-order valence-corrected chi connectivity index (χ3v) is 5.45. The van der Waals surface area contributed by atoms with E-state index >= 15 is 0 Å². The quantitative estimate of drug-likeness (QED) is 0.589. The zero-order valence-electron chi connectivity index (χ0n) is 17.0. The first-order valence-electron chi connectivity index (χ1n) is 10.2. The Kier molecular flexibility index (Phi) is 6.09. The van der Waals surface area contributed by atoms with Crippen LogP contribution in [-0.4, -0.2) is 52.0 Å². The van der Waals surface area contributed by atoms with Crippen LogP contribution in [0.1, 0.15) is 24.5 Å². The number of amides is 1. The number of likely N-dealkylation sites (tertiary alicyclic amines) is 1. The van der Waals surface area contributed by atoms with Crippen LogP contribution < -0.4 is 5.32 Å². The topological polar surface area (TPSA) is 87.3 Å². The number of carbonyl (C=O) groups is 2. The van der Waals surface area contributed by atoms with Gasteiger partial charge < -0.3 is 15.0 Å².